The summed E-state index contributed by atoms with van der Waals surface area (Å²) < 4.78 is 0.696. The number of anilines is 1. The van der Waals surface area contributed by atoms with Gasteiger partial charge in [0.1, 0.15) is 5.15 Å². The van der Waals surface area contributed by atoms with Crippen molar-refractivity contribution in [2.45, 2.75) is 0 Å². The lowest BCUT2D eigenvalue weighted by atomic mass is 10.3. The third kappa shape index (κ3) is 2.58. The van der Waals surface area contributed by atoms with E-state index < -0.39 is 0 Å². The van der Waals surface area contributed by atoms with Gasteiger partial charge in [-0.3, -0.25) is 10.1 Å². The Labute approximate surface area is 109 Å². The fraction of sp³-hybridized carbons (Fsp3) is 0. The monoisotopic (exact) mass is 317 g/mol. The molecule has 0 unspecified atom stereocenters. The normalized spacial score (nSPS) is 10.1. The summed E-state index contributed by atoms with van der Waals surface area (Å²) in [6.07, 6.45) is 3.14. The average Bonchev–Trinajstić information content (AvgIpc) is 2.74. The molecule has 16 heavy (non-hydrogen) atoms. The van der Waals surface area contributed by atoms with Gasteiger partial charge >= 0.3 is 0 Å². The smallest absolute Gasteiger partial charge is 0.260 e. The van der Waals surface area contributed by atoms with Crippen LogP contribution in [0.2, 0.25) is 5.15 Å². The van der Waals surface area contributed by atoms with Crippen LogP contribution in [0.25, 0.3) is 0 Å². The Morgan fingerprint density at radius 2 is 2.31 bits per heavy atom. The summed E-state index contributed by atoms with van der Waals surface area (Å²) in [5.41, 5.74) is 0.311. The Hall–Kier alpha value is -0.980. The number of rotatable bonds is 2. The predicted octanol–water partition coefficient (Wildman–Crippen LogP) is 3.21. The number of hydrogen-bond acceptors (Lipinski definition) is 4. The van der Waals surface area contributed by atoms with Crippen LogP contribution < -0.4 is 5.32 Å². The Morgan fingerprint density at radius 3 is 3.00 bits per heavy atom. The van der Waals surface area contributed by atoms with E-state index in [0.717, 1.165) is 0 Å². The summed E-state index contributed by atoms with van der Waals surface area (Å²) in [6.45, 7) is 0. The molecule has 0 aliphatic rings. The molecule has 2 heterocycles. The van der Waals surface area contributed by atoms with E-state index in [2.05, 4.69) is 31.2 Å². The summed E-state index contributed by atoms with van der Waals surface area (Å²) in [5.74, 6) is -0.325. The van der Waals surface area contributed by atoms with Gasteiger partial charge in [-0.1, -0.05) is 11.6 Å². The molecule has 7 heteroatoms. The zero-order chi connectivity index (χ0) is 11.5. The van der Waals surface area contributed by atoms with E-state index in [-0.39, 0.29) is 11.1 Å². The van der Waals surface area contributed by atoms with Crippen LogP contribution in [0.5, 0.6) is 0 Å². The standard InChI is InChI=1S/C9H5BrClN3OS/c10-5-3-6(7(11)13-4-5)8(15)14-9-12-1-2-16-9/h1-4H,(H,12,14,15). The number of thiazole rings is 1. The molecule has 0 atom stereocenters. The number of hydrogen-bond donors (Lipinski definition) is 1. The molecule has 0 bridgehead atoms. The van der Waals surface area contributed by atoms with Crippen LogP contribution >= 0.6 is 38.9 Å². The molecular formula is C9H5BrClN3OS. The second kappa shape index (κ2) is 4.90. The minimum absolute atomic E-state index is 0.164. The van der Waals surface area contributed by atoms with Crippen LogP contribution in [0.1, 0.15) is 10.4 Å². The van der Waals surface area contributed by atoms with E-state index in [1.807, 2.05) is 0 Å². The van der Waals surface area contributed by atoms with Gasteiger partial charge in [0.15, 0.2) is 5.13 Å². The predicted molar refractivity (Wildman–Crippen MR) is 67.0 cm³/mol. The van der Waals surface area contributed by atoms with Crippen molar-refractivity contribution in [1.29, 1.82) is 0 Å². The van der Waals surface area contributed by atoms with Crippen molar-refractivity contribution in [3.05, 3.63) is 39.0 Å². The van der Waals surface area contributed by atoms with E-state index in [9.17, 15) is 4.79 Å². The third-order valence-electron chi connectivity index (χ3n) is 1.70. The zero-order valence-electron chi connectivity index (χ0n) is 7.78. The average molecular weight is 319 g/mol. The molecule has 2 aromatic rings. The molecule has 2 rings (SSSR count). The van der Waals surface area contributed by atoms with E-state index in [1.165, 1.54) is 17.5 Å². The third-order valence-corrected chi connectivity index (χ3v) is 3.13. The Bertz CT molecular complexity index is 517. The molecule has 0 spiro atoms. The number of carbonyl (C=O) groups is 1. The number of nitrogens with zero attached hydrogens (tertiary/aromatic N) is 2. The molecule has 0 aliphatic heterocycles. The first-order valence-electron chi connectivity index (χ1n) is 4.18. The molecule has 0 saturated carbocycles. The number of halogens is 2. The second-order valence-electron chi connectivity index (χ2n) is 2.78. The molecule has 0 fully saturated rings. The number of carbonyl (C=O) groups excluding carboxylic acids is 1. The maximum absolute atomic E-state index is 11.8. The lowest BCUT2D eigenvalue weighted by Crippen LogP contribution is -2.12. The topological polar surface area (TPSA) is 54.9 Å². The van der Waals surface area contributed by atoms with Gasteiger partial charge < -0.3 is 0 Å². The Morgan fingerprint density at radius 1 is 1.50 bits per heavy atom. The van der Waals surface area contributed by atoms with E-state index in [1.54, 1.807) is 17.6 Å². The molecule has 0 saturated heterocycles. The summed E-state index contributed by atoms with van der Waals surface area (Å²) in [6, 6.07) is 1.61. The maximum atomic E-state index is 11.8. The van der Waals surface area contributed by atoms with Gasteiger partial charge in [-0.05, 0) is 22.0 Å². The highest BCUT2D eigenvalue weighted by atomic mass is 79.9. The lowest BCUT2D eigenvalue weighted by molar-refractivity contribution is 0.102. The molecular weight excluding hydrogens is 314 g/mol. The molecule has 2 aromatic heterocycles. The molecule has 1 N–H and O–H groups in total. The SMILES string of the molecule is O=C(Nc1nccs1)c1cc(Br)cnc1Cl. The van der Waals surface area contributed by atoms with Gasteiger partial charge in [-0.15, -0.1) is 11.3 Å². The maximum Gasteiger partial charge on any atom is 0.260 e. The van der Waals surface area contributed by atoms with E-state index in [4.69, 9.17) is 11.6 Å². The van der Waals surface area contributed by atoms with Gasteiger partial charge in [0.05, 0.1) is 5.56 Å². The second-order valence-corrected chi connectivity index (χ2v) is 4.95. The Balaban J connectivity index is 2.24. The van der Waals surface area contributed by atoms with Gasteiger partial charge in [0.25, 0.3) is 5.91 Å². The van der Waals surface area contributed by atoms with Gasteiger partial charge in [0, 0.05) is 22.2 Å². The van der Waals surface area contributed by atoms with Crippen molar-refractivity contribution in [2.75, 3.05) is 5.32 Å². The first kappa shape index (κ1) is 11.5. The molecule has 0 aromatic carbocycles. The minimum atomic E-state index is -0.325. The Kier molecular flexibility index (Phi) is 3.52. The van der Waals surface area contributed by atoms with Crippen LogP contribution in [-0.2, 0) is 0 Å². The van der Waals surface area contributed by atoms with E-state index >= 15 is 0 Å². The van der Waals surface area contributed by atoms with Crippen molar-refractivity contribution in [3.8, 4) is 0 Å². The first-order valence-corrected chi connectivity index (χ1v) is 6.24. The molecule has 82 valence electrons. The van der Waals surface area contributed by atoms with Crippen molar-refractivity contribution < 1.29 is 4.79 Å². The fourth-order valence-electron chi connectivity index (χ4n) is 1.03. The molecule has 1 amide bonds. The van der Waals surface area contributed by atoms with Crippen molar-refractivity contribution in [2.24, 2.45) is 0 Å². The largest absolute Gasteiger partial charge is 0.298 e. The number of amides is 1. The summed E-state index contributed by atoms with van der Waals surface area (Å²) in [4.78, 5) is 19.6. The van der Waals surface area contributed by atoms with Crippen LogP contribution in [0.15, 0.2) is 28.3 Å². The minimum Gasteiger partial charge on any atom is -0.298 e. The number of pyridine rings is 1. The van der Waals surface area contributed by atoms with Gasteiger partial charge in [0.2, 0.25) is 0 Å². The van der Waals surface area contributed by atoms with Crippen molar-refractivity contribution in [1.82, 2.24) is 9.97 Å². The molecule has 0 aliphatic carbocycles. The highest BCUT2D eigenvalue weighted by Gasteiger charge is 2.13. The molecule has 0 radical (unpaired) electrons. The van der Waals surface area contributed by atoms with E-state index in [0.29, 0.717) is 15.2 Å². The van der Waals surface area contributed by atoms with Crippen molar-refractivity contribution >= 4 is 49.9 Å². The highest BCUT2D eigenvalue weighted by molar-refractivity contribution is 9.10. The van der Waals surface area contributed by atoms with Crippen LogP contribution in [0.3, 0.4) is 0 Å². The van der Waals surface area contributed by atoms with Gasteiger partial charge in [-0.25, -0.2) is 9.97 Å². The fourth-order valence-corrected chi connectivity index (χ4v) is 2.08. The van der Waals surface area contributed by atoms with Crippen LogP contribution in [0, 0.1) is 0 Å². The summed E-state index contributed by atoms with van der Waals surface area (Å²) in [5, 5.41) is 5.10. The number of nitrogens with one attached hydrogen (secondary N) is 1. The quantitative estimate of drug-likeness (QED) is 0.865. The summed E-state index contributed by atoms with van der Waals surface area (Å²) in [7, 11) is 0. The molecule has 4 nitrogen and oxygen atoms in total. The summed E-state index contributed by atoms with van der Waals surface area (Å²) >= 11 is 10.4. The number of aromatic nitrogens is 2. The van der Waals surface area contributed by atoms with Crippen molar-refractivity contribution in [3.63, 3.8) is 0 Å². The zero-order valence-corrected chi connectivity index (χ0v) is 10.9. The lowest BCUT2D eigenvalue weighted by Gasteiger charge is -2.03. The van der Waals surface area contributed by atoms with Crippen LogP contribution in [-0.4, -0.2) is 15.9 Å². The highest BCUT2D eigenvalue weighted by Crippen LogP contribution is 2.20. The van der Waals surface area contributed by atoms with Gasteiger partial charge in [-0.2, -0.15) is 0 Å². The first-order chi connectivity index (χ1) is 7.66. The van der Waals surface area contributed by atoms with Crippen LogP contribution in [0.4, 0.5) is 5.13 Å².